The van der Waals surface area contributed by atoms with E-state index >= 15 is 0 Å². The maximum Gasteiger partial charge on any atom is 0.337 e. The lowest BCUT2D eigenvalue weighted by Gasteiger charge is -2.07. The molecule has 0 aliphatic heterocycles. The smallest absolute Gasteiger partial charge is 0.337 e. The van der Waals surface area contributed by atoms with Crippen molar-refractivity contribution in [3.05, 3.63) is 58.1 Å². The fourth-order valence-corrected chi connectivity index (χ4v) is 3.03. The number of anilines is 1. The van der Waals surface area contributed by atoms with Crippen LogP contribution in [0.15, 0.2) is 47.4 Å². The first kappa shape index (κ1) is 17.7. The summed E-state index contributed by atoms with van der Waals surface area (Å²) in [5, 5.41) is 3.86. The zero-order chi connectivity index (χ0) is 16.8. The maximum atomic E-state index is 12.0. The molecular formula is C16H13Cl2NO3S. The highest BCUT2D eigenvalue weighted by molar-refractivity contribution is 8.00. The number of esters is 1. The van der Waals surface area contributed by atoms with Gasteiger partial charge in [-0.1, -0.05) is 23.2 Å². The average Bonchev–Trinajstić information content (AvgIpc) is 2.55. The number of carbonyl (C=O) groups is 2. The lowest BCUT2D eigenvalue weighted by atomic mass is 10.2. The van der Waals surface area contributed by atoms with Gasteiger partial charge in [0.05, 0.1) is 23.4 Å². The molecule has 4 nitrogen and oxygen atoms in total. The minimum atomic E-state index is -0.422. The molecule has 0 radical (unpaired) electrons. The molecule has 120 valence electrons. The van der Waals surface area contributed by atoms with Crippen molar-refractivity contribution in [2.24, 2.45) is 0 Å². The largest absolute Gasteiger partial charge is 0.465 e. The van der Waals surface area contributed by atoms with E-state index in [-0.39, 0.29) is 11.7 Å². The van der Waals surface area contributed by atoms with E-state index in [9.17, 15) is 9.59 Å². The quantitative estimate of drug-likeness (QED) is 0.622. The van der Waals surface area contributed by atoms with Crippen molar-refractivity contribution in [3.63, 3.8) is 0 Å². The summed E-state index contributed by atoms with van der Waals surface area (Å²) in [5.41, 5.74) is 1.02. The zero-order valence-corrected chi connectivity index (χ0v) is 14.5. The van der Waals surface area contributed by atoms with E-state index in [0.29, 0.717) is 21.3 Å². The van der Waals surface area contributed by atoms with Crippen LogP contribution in [0, 0.1) is 0 Å². The Morgan fingerprint density at radius 3 is 2.48 bits per heavy atom. The SMILES string of the molecule is COC(=O)c1ccc(NC(=O)CSc2cc(Cl)ccc2Cl)cc1. The number of hydrogen-bond donors (Lipinski definition) is 1. The standard InChI is InChI=1S/C16H13Cl2NO3S/c1-22-16(21)10-2-5-12(6-3-10)19-15(20)9-23-14-8-11(17)4-7-13(14)18/h2-8H,9H2,1H3,(H,19,20). The van der Waals surface area contributed by atoms with Gasteiger partial charge in [0.15, 0.2) is 0 Å². The third-order valence-corrected chi connectivity index (χ3v) is 4.57. The Hall–Kier alpha value is -1.69. The molecule has 0 bridgehead atoms. The molecule has 7 heteroatoms. The van der Waals surface area contributed by atoms with Crippen LogP contribution in [-0.4, -0.2) is 24.7 Å². The number of rotatable bonds is 5. The van der Waals surface area contributed by atoms with Crippen LogP contribution in [0.3, 0.4) is 0 Å². The molecule has 0 aliphatic rings. The summed E-state index contributed by atoms with van der Waals surface area (Å²) < 4.78 is 4.61. The summed E-state index contributed by atoms with van der Waals surface area (Å²) in [6.07, 6.45) is 0. The molecule has 2 aromatic rings. The molecule has 2 aromatic carbocycles. The lowest BCUT2D eigenvalue weighted by molar-refractivity contribution is -0.113. The first-order valence-corrected chi connectivity index (χ1v) is 8.30. The van der Waals surface area contributed by atoms with Crippen molar-refractivity contribution in [2.45, 2.75) is 4.90 Å². The highest BCUT2D eigenvalue weighted by Gasteiger charge is 2.08. The molecule has 0 aromatic heterocycles. The van der Waals surface area contributed by atoms with Gasteiger partial charge in [0.25, 0.3) is 0 Å². The van der Waals surface area contributed by atoms with Gasteiger partial charge in [-0.25, -0.2) is 4.79 Å². The van der Waals surface area contributed by atoms with Crippen LogP contribution in [0.4, 0.5) is 5.69 Å². The summed E-state index contributed by atoms with van der Waals surface area (Å²) in [4.78, 5) is 24.0. The van der Waals surface area contributed by atoms with Crippen molar-refractivity contribution >= 4 is 52.5 Å². The zero-order valence-electron chi connectivity index (χ0n) is 12.1. The van der Waals surface area contributed by atoms with E-state index in [2.05, 4.69) is 10.1 Å². The Morgan fingerprint density at radius 1 is 1.13 bits per heavy atom. The molecule has 2 rings (SSSR count). The van der Waals surface area contributed by atoms with Gasteiger partial charge in [-0.2, -0.15) is 0 Å². The number of hydrogen-bond acceptors (Lipinski definition) is 4. The van der Waals surface area contributed by atoms with E-state index in [1.54, 1.807) is 42.5 Å². The predicted molar refractivity (Wildman–Crippen MR) is 93.6 cm³/mol. The third-order valence-electron chi connectivity index (χ3n) is 2.84. The van der Waals surface area contributed by atoms with Gasteiger partial charge in [-0.05, 0) is 42.5 Å². The van der Waals surface area contributed by atoms with E-state index in [1.165, 1.54) is 18.9 Å². The Labute approximate surface area is 148 Å². The molecule has 0 saturated carbocycles. The van der Waals surface area contributed by atoms with Gasteiger partial charge < -0.3 is 10.1 Å². The van der Waals surface area contributed by atoms with E-state index < -0.39 is 5.97 Å². The highest BCUT2D eigenvalue weighted by Crippen LogP contribution is 2.29. The molecule has 0 heterocycles. The Morgan fingerprint density at radius 2 is 1.83 bits per heavy atom. The third kappa shape index (κ3) is 5.16. The number of thioether (sulfide) groups is 1. The van der Waals surface area contributed by atoms with E-state index in [0.717, 1.165) is 4.90 Å². The molecule has 1 N–H and O–H groups in total. The van der Waals surface area contributed by atoms with Crippen LogP contribution in [0.2, 0.25) is 10.0 Å². The number of amides is 1. The summed E-state index contributed by atoms with van der Waals surface area (Å²) in [5.74, 6) is -0.412. The average molecular weight is 370 g/mol. The van der Waals surface area contributed by atoms with Crippen LogP contribution in [0.25, 0.3) is 0 Å². The first-order valence-electron chi connectivity index (χ1n) is 6.55. The van der Waals surface area contributed by atoms with Crippen LogP contribution in [-0.2, 0) is 9.53 Å². The van der Waals surface area contributed by atoms with Crippen molar-refractivity contribution in [2.75, 3.05) is 18.2 Å². The monoisotopic (exact) mass is 369 g/mol. The van der Waals surface area contributed by atoms with Crippen LogP contribution in [0.1, 0.15) is 10.4 Å². The van der Waals surface area contributed by atoms with Crippen molar-refractivity contribution in [1.29, 1.82) is 0 Å². The van der Waals surface area contributed by atoms with Gasteiger partial charge in [-0.15, -0.1) is 11.8 Å². The summed E-state index contributed by atoms with van der Waals surface area (Å²) in [6, 6.07) is 11.5. The Kier molecular flexibility index (Phi) is 6.33. The normalized spacial score (nSPS) is 10.2. The second-order valence-electron chi connectivity index (χ2n) is 4.48. The van der Waals surface area contributed by atoms with Crippen molar-refractivity contribution < 1.29 is 14.3 Å². The molecule has 23 heavy (non-hydrogen) atoms. The van der Waals surface area contributed by atoms with Crippen LogP contribution in [0.5, 0.6) is 0 Å². The molecule has 0 unspecified atom stereocenters. The van der Waals surface area contributed by atoms with E-state index in [4.69, 9.17) is 23.2 Å². The number of carbonyl (C=O) groups excluding carboxylic acids is 2. The van der Waals surface area contributed by atoms with Gasteiger partial charge >= 0.3 is 5.97 Å². The number of halogens is 2. The molecule has 0 atom stereocenters. The maximum absolute atomic E-state index is 12.0. The van der Waals surface area contributed by atoms with Crippen molar-refractivity contribution in [3.8, 4) is 0 Å². The van der Waals surface area contributed by atoms with Gasteiger partial charge in [0, 0.05) is 15.6 Å². The summed E-state index contributed by atoms with van der Waals surface area (Å²) in [6.45, 7) is 0. The second kappa shape index (κ2) is 8.24. The van der Waals surface area contributed by atoms with Crippen LogP contribution < -0.4 is 5.32 Å². The molecule has 1 amide bonds. The summed E-state index contributed by atoms with van der Waals surface area (Å²) >= 11 is 13.2. The topological polar surface area (TPSA) is 55.4 Å². The Bertz CT molecular complexity index is 720. The van der Waals surface area contributed by atoms with Crippen molar-refractivity contribution in [1.82, 2.24) is 0 Å². The number of ether oxygens (including phenoxy) is 1. The fourth-order valence-electron chi connectivity index (χ4n) is 1.74. The number of methoxy groups -OCH3 is 1. The predicted octanol–water partition coefficient (Wildman–Crippen LogP) is 4.51. The molecular weight excluding hydrogens is 357 g/mol. The molecule has 0 spiro atoms. The van der Waals surface area contributed by atoms with Gasteiger partial charge in [0.2, 0.25) is 5.91 Å². The number of benzene rings is 2. The fraction of sp³-hybridized carbons (Fsp3) is 0.125. The van der Waals surface area contributed by atoms with Gasteiger partial charge in [-0.3, -0.25) is 4.79 Å². The molecule has 0 saturated heterocycles. The second-order valence-corrected chi connectivity index (χ2v) is 6.34. The highest BCUT2D eigenvalue weighted by atomic mass is 35.5. The minimum absolute atomic E-state index is 0.183. The molecule has 0 aliphatic carbocycles. The minimum Gasteiger partial charge on any atom is -0.465 e. The van der Waals surface area contributed by atoms with E-state index in [1.807, 2.05) is 0 Å². The molecule has 0 fully saturated rings. The van der Waals surface area contributed by atoms with Gasteiger partial charge in [0.1, 0.15) is 0 Å². The summed E-state index contributed by atoms with van der Waals surface area (Å²) in [7, 11) is 1.32. The Balaban J connectivity index is 1.92. The number of nitrogens with one attached hydrogen (secondary N) is 1. The first-order chi connectivity index (χ1) is 11.0. The lowest BCUT2D eigenvalue weighted by Crippen LogP contribution is -2.14. The van der Waals surface area contributed by atoms with Crippen LogP contribution >= 0.6 is 35.0 Å².